The summed E-state index contributed by atoms with van der Waals surface area (Å²) < 4.78 is 0. The number of urea groups is 1. The fraction of sp³-hybridized carbons (Fsp3) is 0.364. The molecule has 1 aliphatic rings. The maximum absolute atomic E-state index is 11.3. The van der Waals surface area contributed by atoms with Gasteiger partial charge in [-0.2, -0.15) is 0 Å². The molecule has 1 fully saturated rings. The van der Waals surface area contributed by atoms with Crippen LogP contribution >= 0.6 is 0 Å². The number of rotatable bonds is 1. The molecule has 1 aromatic rings. The summed E-state index contributed by atoms with van der Waals surface area (Å²) in [5.74, 6) is 0. The monoisotopic (exact) mass is 196 g/mol. The van der Waals surface area contributed by atoms with Crippen LogP contribution in [-0.4, -0.2) is 24.0 Å². The topological polar surface area (TPSA) is 34.4 Å². The molecule has 1 heterocycles. The molecule has 2 rings (SSSR count). The molecule has 0 saturated carbocycles. The summed E-state index contributed by atoms with van der Waals surface area (Å²) >= 11 is 0. The van der Waals surface area contributed by atoms with Crippen LogP contribution in [0.2, 0.25) is 0 Å². The van der Waals surface area contributed by atoms with E-state index in [1.165, 1.54) is 0 Å². The quantitative estimate of drug-likeness (QED) is 0.561. The summed E-state index contributed by atoms with van der Waals surface area (Å²) in [6.07, 6.45) is 0. The molecule has 4 heteroatoms. The molecule has 0 spiro atoms. The first-order valence-electron chi connectivity index (χ1n) is 4.72. The van der Waals surface area contributed by atoms with Crippen LogP contribution in [-0.2, 0) is 0 Å². The number of nitrogens with zero attached hydrogens (tertiary/aromatic N) is 2. The van der Waals surface area contributed by atoms with Gasteiger partial charge in [0.15, 0.2) is 6.03 Å². The average molecular weight is 196 g/mol. The number of carbonyl (C=O) groups excluding carboxylic acids is 1. The molecule has 0 aromatic heterocycles. The van der Waals surface area contributed by atoms with Gasteiger partial charge in [0.1, 0.15) is 0 Å². The van der Waals surface area contributed by atoms with E-state index in [4.69, 9.17) is 0 Å². The van der Waals surface area contributed by atoms with E-state index in [1.807, 2.05) is 37.3 Å². The third-order valence-corrected chi connectivity index (χ3v) is 2.76. The Labute approximate surface area is 102 Å². The fourth-order valence-corrected chi connectivity index (χ4v) is 1.71. The molecule has 0 bridgehead atoms. The molecule has 2 amide bonds. The van der Waals surface area contributed by atoms with Crippen molar-refractivity contribution in [1.82, 2.24) is 4.90 Å². The summed E-state index contributed by atoms with van der Waals surface area (Å²) in [5, 5.41) is 4.11. The second-order valence-electron chi connectivity index (χ2n) is 3.62. The molecule has 1 aliphatic heterocycles. The second-order valence-corrected chi connectivity index (χ2v) is 3.62. The van der Waals surface area contributed by atoms with Crippen molar-refractivity contribution in [1.29, 1.82) is 0 Å². The number of benzene rings is 1. The van der Waals surface area contributed by atoms with Crippen LogP contribution in [0.4, 0.5) is 4.79 Å². The van der Waals surface area contributed by atoms with Gasteiger partial charge in [-0.3, -0.25) is 4.79 Å². The van der Waals surface area contributed by atoms with Crippen molar-refractivity contribution in [3.8, 4) is 0 Å². The predicted octanol–water partition coefficient (Wildman–Crippen LogP) is -0.441. The normalized spacial score (nSPS) is 24.7. The van der Waals surface area contributed by atoms with Crippen molar-refractivity contribution >= 4 is 6.03 Å². The van der Waals surface area contributed by atoms with Gasteiger partial charge in [0.25, 0.3) is 0 Å². The van der Waals surface area contributed by atoms with E-state index >= 15 is 0 Å². The van der Waals surface area contributed by atoms with E-state index in [1.54, 1.807) is 11.9 Å². The van der Waals surface area contributed by atoms with Gasteiger partial charge in [-0.25, -0.2) is 0 Å². The van der Waals surface area contributed by atoms with Gasteiger partial charge < -0.3 is 10.2 Å². The Bertz CT molecular complexity index is 342. The van der Waals surface area contributed by atoms with Crippen molar-refractivity contribution in [2.75, 3.05) is 7.05 Å². The zero-order valence-electron chi connectivity index (χ0n) is 9.34. The second kappa shape index (κ2) is 4.74. The molecule has 0 aliphatic carbocycles. The van der Waals surface area contributed by atoms with Gasteiger partial charge in [-0.05, 0) is 17.6 Å². The van der Waals surface area contributed by atoms with Crippen molar-refractivity contribution in [3.05, 3.63) is 41.2 Å². The molecular weight excluding hydrogens is 183 g/mol. The van der Waals surface area contributed by atoms with Crippen LogP contribution in [0.15, 0.2) is 30.3 Å². The Balaban J connectivity index is 0.00000112. The van der Waals surface area contributed by atoms with E-state index < -0.39 is 0 Å². The van der Waals surface area contributed by atoms with E-state index in [2.05, 4.69) is 5.32 Å². The molecule has 1 saturated heterocycles. The summed E-state index contributed by atoms with van der Waals surface area (Å²) in [6, 6.07) is 9.97. The molecule has 3 nitrogen and oxygen atoms in total. The van der Waals surface area contributed by atoms with E-state index in [9.17, 15) is 4.79 Å². The third-order valence-electron chi connectivity index (χ3n) is 2.76. The summed E-state index contributed by atoms with van der Waals surface area (Å²) in [4.78, 5) is 13.0. The van der Waals surface area contributed by atoms with Crippen LogP contribution in [0.5, 0.6) is 0 Å². The molecule has 0 radical (unpaired) electrons. The summed E-state index contributed by atoms with van der Waals surface area (Å²) in [6.45, 7) is 2.02. The van der Waals surface area contributed by atoms with Crippen LogP contribution in [0.25, 0.3) is 5.32 Å². The average Bonchev–Trinajstić information content (AvgIpc) is 2.47. The zero-order valence-corrected chi connectivity index (χ0v) is 9.34. The first-order valence-corrected chi connectivity index (χ1v) is 4.72. The van der Waals surface area contributed by atoms with Crippen LogP contribution in [0, 0.1) is 0 Å². The van der Waals surface area contributed by atoms with Gasteiger partial charge in [0.05, 0.1) is 0 Å². The number of amides is 2. The smallest absolute Gasteiger partial charge is 0.436 e. The fourth-order valence-electron chi connectivity index (χ4n) is 1.71. The molecule has 1 aromatic carbocycles. The first-order chi connectivity index (χ1) is 6.70. The van der Waals surface area contributed by atoms with Crippen molar-refractivity contribution in [3.63, 3.8) is 0 Å². The summed E-state index contributed by atoms with van der Waals surface area (Å²) in [5.41, 5.74) is 1.11. The third kappa shape index (κ3) is 2.19. The molecule has 0 N–H and O–H groups in total. The zero-order chi connectivity index (χ0) is 10.1. The molecule has 15 heavy (non-hydrogen) atoms. The minimum atomic E-state index is -0.119. The Morgan fingerprint density at radius 2 is 1.87 bits per heavy atom. The minimum absolute atomic E-state index is 0. The minimum Gasteiger partial charge on any atom is -0.436 e. The standard InChI is InChI=1S/C11H14N2O.Li/c1-8-10(12-11(14)13(8)2)9-6-4-3-5-7-9;/h3-8,10H,1-2H3,(H,12,14);/q;+1/p-1/t8-,10-;/m0./s1. The number of likely N-dealkylation sites (N-methyl/N-ethyl adjacent to an activating group) is 1. The van der Waals surface area contributed by atoms with Crippen LogP contribution in [0.1, 0.15) is 18.5 Å². The number of hydrogen-bond acceptors (Lipinski definition) is 1. The summed E-state index contributed by atoms with van der Waals surface area (Å²) in [7, 11) is 1.79. The Kier molecular flexibility index (Phi) is 3.84. The van der Waals surface area contributed by atoms with Gasteiger partial charge in [0.2, 0.25) is 0 Å². The van der Waals surface area contributed by atoms with Crippen LogP contribution in [0.3, 0.4) is 0 Å². The van der Waals surface area contributed by atoms with E-state index in [-0.39, 0.29) is 37.0 Å². The van der Waals surface area contributed by atoms with Crippen molar-refractivity contribution in [2.45, 2.75) is 19.0 Å². The van der Waals surface area contributed by atoms with Gasteiger partial charge >= 0.3 is 18.9 Å². The molecule has 2 atom stereocenters. The first kappa shape index (κ1) is 12.2. The maximum Gasteiger partial charge on any atom is 1.00 e. The Hall–Kier alpha value is -0.913. The maximum atomic E-state index is 11.3. The van der Waals surface area contributed by atoms with Crippen LogP contribution < -0.4 is 18.9 Å². The van der Waals surface area contributed by atoms with Crippen molar-refractivity contribution < 1.29 is 23.7 Å². The Morgan fingerprint density at radius 1 is 1.27 bits per heavy atom. The molecule has 74 valence electrons. The SMILES string of the molecule is C[C@H]1[C@@H](c2ccccc2)[N-]C(=O)N1C.[Li+]. The van der Waals surface area contributed by atoms with E-state index in [0.717, 1.165) is 5.56 Å². The Morgan fingerprint density at radius 3 is 2.33 bits per heavy atom. The largest absolute Gasteiger partial charge is 1.00 e. The van der Waals surface area contributed by atoms with E-state index in [0.29, 0.717) is 0 Å². The molecule has 0 unspecified atom stereocenters. The van der Waals surface area contributed by atoms with Crippen molar-refractivity contribution in [2.24, 2.45) is 0 Å². The van der Waals surface area contributed by atoms with Gasteiger partial charge in [0, 0.05) is 0 Å². The number of carbonyl (C=O) groups is 1. The molecular formula is C11H13LiN2O. The number of hydrogen-bond donors (Lipinski definition) is 0. The van der Waals surface area contributed by atoms with Gasteiger partial charge in [-0.1, -0.05) is 44.3 Å². The van der Waals surface area contributed by atoms with Gasteiger partial charge in [-0.15, -0.1) is 0 Å². The predicted molar refractivity (Wildman–Crippen MR) is 55.2 cm³/mol.